The lowest BCUT2D eigenvalue weighted by atomic mass is 10.1. The summed E-state index contributed by atoms with van der Waals surface area (Å²) in [4.78, 5) is 13.6. The summed E-state index contributed by atoms with van der Waals surface area (Å²) in [6, 6.07) is 6.29. The van der Waals surface area contributed by atoms with Gasteiger partial charge >= 0.3 is 0 Å². The lowest BCUT2D eigenvalue weighted by Crippen LogP contribution is -2.28. The number of amides is 1. The first-order valence-corrected chi connectivity index (χ1v) is 8.60. The molecule has 1 aromatic heterocycles. The highest BCUT2D eigenvalue weighted by Crippen LogP contribution is 2.22. The van der Waals surface area contributed by atoms with Crippen molar-refractivity contribution in [1.29, 1.82) is 0 Å². The van der Waals surface area contributed by atoms with Crippen LogP contribution >= 0.6 is 11.8 Å². The highest BCUT2D eigenvalue weighted by Gasteiger charge is 2.21. The number of hydrogen-bond donors (Lipinski definition) is 3. The fourth-order valence-electron chi connectivity index (χ4n) is 2.67. The van der Waals surface area contributed by atoms with Gasteiger partial charge in [-0.3, -0.25) is 9.89 Å². The smallest absolute Gasteiger partial charge is 0.272 e. The third-order valence-corrected chi connectivity index (χ3v) is 4.72. The summed E-state index contributed by atoms with van der Waals surface area (Å²) in [7, 11) is 0. The van der Waals surface area contributed by atoms with Crippen LogP contribution in [-0.4, -0.2) is 28.9 Å². The van der Waals surface area contributed by atoms with E-state index in [9.17, 15) is 4.79 Å². The van der Waals surface area contributed by atoms with E-state index >= 15 is 0 Å². The number of fused-ring (bicyclic) bond motifs is 1. The molecular formula is C16H20N4OS. The van der Waals surface area contributed by atoms with E-state index in [4.69, 9.17) is 0 Å². The molecule has 0 unspecified atom stereocenters. The molecule has 3 rings (SSSR count). The SMILES string of the molecule is CSc1cc(C)ccc1CNC(=O)c1n[nH]c2c1CNCC2. The lowest BCUT2D eigenvalue weighted by molar-refractivity contribution is 0.0944. The number of aryl methyl sites for hydroxylation is 1. The van der Waals surface area contributed by atoms with Gasteiger partial charge in [-0.05, 0) is 30.4 Å². The number of aromatic nitrogens is 2. The van der Waals surface area contributed by atoms with Gasteiger partial charge < -0.3 is 10.6 Å². The van der Waals surface area contributed by atoms with Crippen LogP contribution < -0.4 is 10.6 Å². The Bertz CT molecular complexity index is 695. The van der Waals surface area contributed by atoms with Crippen molar-refractivity contribution in [2.75, 3.05) is 12.8 Å². The van der Waals surface area contributed by atoms with Gasteiger partial charge in [0.1, 0.15) is 0 Å². The third kappa shape index (κ3) is 3.03. The number of nitrogens with zero attached hydrogens (tertiary/aromatic N) is 1. The summed E-state index contributed by atoms with van der Waals surface area (Å²) < 4.78 is 0. The standard InChI is InChI=1S/C16H20N4OS/c1-10-3-4-11(14(7-10)22-2)8-18-16(21)15-12-9-17-6-5-13(12)19-20-15/h3-4,7,17H,5-6,8-9H2,1-2H3,(H,18,21)(H,19,20). The van der Waals surface area contributed by atoms with Crippen LogP contribution in [0.4, 0.5) is 0 Å². The maximum absolute atomic E-state index is 12.4. The van der Waals surface area contributed by atoms with E-state index in [1.807, 2.05) is 0 Å². The van der Waals surface area contributed by atoms with Crippen LogP contribution in [0.1, 0.15) is 32.9 Å². The van der Waals surface area contributed by atoms with Gasteiger partial charge in [0, 0.05) is 42.2 Å². The zero-order valence-corrected chi connectivity index (χ0v) is 13.6. The Morgan fingerprint density at radius 1 is 1.45 bits per heavy atom. The van der Waals surface area contributed by atoms with E-state index in [1.165, 1.54) is 10.5 Å². The van der Waals surface area contributed by atoms with Gasteiger partial charge in [-0.25, -0.2) is 0 Å². The molecule has 2 heterocycles. The minimum absolute atomic E-state index is 0.117. The number of H-pyrrole nitrogens is 1. The molecule has 1 aromatic carbocycles. The van der Waals surface area contributed by atoms with E-state index in [0.29, 0.717) is 18.8 Å². The van der Waals surface area contributed by atoms with Crippen molar-refractivity contribution in [3.8, 4) is 0 Å². The Labute approximate surface area is 134 Å². The van der Waals surface area contributed by atoms with Crippen LogP contribution in [0.2, 0.25) is 0 Å². The maximum atomic E-state index is 12.4. The number of nitrogens with one attached hydrogen (secondary N) is 3. The number of aromatic amines is 1. The van der Waals surface area contributed by atoms with Gasteiger partial charge in [0.05, 0.1) is 0 Å². The van der Waals surface area contributed by atoms with Gasteiger partial charge in [-0.15, -0.1) is 11.8 Å². The minimum atomic E-state index is -0.117. The van der Waals surface area contributed by atoms with Crippen LogP contribution in [0.5, 0.6) is 0 Å². The molecule has 2 aromatic rings. The molecule has 1 aliphatic rings. The Morgan fingerprint density at radius 3 is 3.14 bits per heavy atom. The van der Waals surface area contributed by atoms with Gasteiger partial charge in [-0.1, -0.05) is 12.1 Å². The van der Waals surface area contributed by atoms with Crippen LogP contribution in [0, 0.1) is 6.92 Å². The summed E-state index contributed by atoms with van der Waals surface area (Å²) in [5, 5.41) is 13.4. The maximum Gasteiger partial charge on any atom is 0.272 e. The first-order chi connectivity index (χ1) is 10.7. The van der Waals surface area contributed by atoms with Crippen molar-refractivity contribution >= 4 is 17.7 Å². The molecule has 22 heavy (non-hydrogen) atoms. The summed E-state index contributed by atoms with van der Waals surface area (Å²) in [5.41, 5.74) is 4.95. The first kappa shape index (κ1) is 15.1. The highest BCUT2D eigenvalue weighted by atomic mass is 32.2. The van der Waals surface area contributed by atoms with Crippen molar-refractivity contribution < 1.29 is 4.79 Å². The predicted molar refractivity (Wildman–Crippen MR) is 88.1 cm³/mol. The Kier molecular flexibility index (Phi) is 4.49. The van der Waals surface area contributed by atoms with Crippen molar-refractivity contribution in [1.82, 2.24) is 20.8 Å². The second-order valence-corrected chi connectivity index (χ2v) is 6.30. The molecule has 6 heteroatoms. The predicted octanol–water partition coefficient (Wildman–Crippen LogP) is 2.02. The molecule has 1 amide bonds. The molecule has 0 spiro atoms. The second kappa shape index (κ2) is 6.54. The summed E-state index contributed by atoms with van der Waals surface area (Å²) in [5.74, 6) is -0.117. The molecule has 0 radical (unpaired) electrons. The number of hydrogen-bond acceptors (Lipinski definition) is 4. The third-order valence-electron chi connectivity index (χ3n) is 3.90. The van der Waals surface area contributed by atoms with E-state index in [1.54, 1.807) is 11.8 Å². The average molecular weight is 316 g/mol. The number of rotatable bonds is 4. The fourth-order valence-corrected chi connectivity index (χ4v) is 3.38. The van der Waals surface area contributed by atoms with Crippen molar-refractivity contribution in [2.45, 2.75) is 31.3 Å². The number of carbonyl (C=O) groups excluding carboxylic acids is 1. The number of benzene rings is 1. The molecular weight excluding hydrogens is 296 g/mol. The average Bonchev–Trinajstić information content (AvgIpc) is 2.97. The zero-order chi connectivity index (χ0) is 15.5. The van der Waals surface area contributed by atoms with Crippen molar-refractivity contribution in [3.63, 3.8) is 0 Å². The normalized spacial score (nSPS) is 13.7. The monoisotopic (exact) mass is 316 g/mol. The summed E-state index contributed by atoms with van der Waals surface area (Å²) in [6.07, 6.45) is 2.94. The van der Waals surface area contributed by atoms with Gasteiger partial charge in [-0.2, -0.15) is 5.10 Å². The quantitative estimate of drug-likeness (QED) is 0.755. The van der Waals surface area contributed by atoms with Crippen LogP contribution in [0.15, 0.2) is 23.1 Å². The summed E-state index contributed by atoms with van der Waals surface area (Å²) >= 11 is 1.70. The van der Waals surface area contributed by atoms with E-state index in [0.717, 1.165) is 29.8 Å². The number of carbonyl (C=O) groups is 1. The van der Waals surface area contributed by atoms with E-state index in [2.05, 4.69) is 52.2 Å². The fraction of sp³-hybridized carbons (Fsp3) is 0.375. The summed E-state index contributed by atoms with van der Waals surface area (Å²) in [6.45, 7) is 4.22. The molecule has 1 aliphatic heterocycles. The Morgan fingerprint density at radius 2 is 2.32 bits per heavy atom. The molecule has 3 N–H and O–H groups in total. The number of thioether (sulfide) groups is 1. The molecule has 0 fully saturated rings. The Balaban J connectivity index is 1.72. The van der Waals surface area contributed by atoms with Crippen LogP contribution in [0.3, 0.4) is 0 Å². The second-order valence-electron chi connectivity index (χ2n) is 5.45. The lowest BCUT2D eigenvalue weighted by Gasteiger charge is -2.13. The van der Waals surface area contributed by atoms with Crippen LogP contribution in [0.25, 0.3) is 0 Å². The molecule has 0 saturated carbocycles. The van der Waals surface area contributed by atoms with Gasteiger partial charge in [0.2, 0.25) is 0 Å². The van der Waals surface area contributed by atoms with Crippen molar-refractivity contribution in [3.05, 3.63) is 46.3 Å². The van der Waals surface area contributed by atoms with E-state index in [-0.39, 0.29) is 5.91 Å². The molecule has 5 nitrogen and oxygen atoms in total. The molecule has 116 valence electrons. The first-order valence-electron chi connectivity index (χ1n) is 7.37. The Hall–Kier alpha value is -1.79. The highest BCUT2D eigenvalue weighted by molar-refractivity contribution is 7.98. The molecule has 0 saturated heterocycles. The molecule has 0 aliphatic carbocycles. The topological polar surface area (TPSA) is 69.8 Å². The van der Waals surface area contributed by atoms with Crippen LogP contribution in [-0.2, 0) is 19.5 Å². The largest absolute Gasteiger partial charge is 0.347 e. The molecule has 0 atom stereocenters. The van der Waals surface area contributed by atoms with Gasteiger partial charge in [0.25, 0.3) is 5.91 Å². The molecule has 0 bridgehead atoms. The minimum Gasteiger partial charge on any atom is -0.347 e. The van der Waals surface area contributed by atoms with Crippen molar-refractivity contribution in [2.24, 2.45) is 0 Å². The zero-order valence-electron chi connectivity index (χ0n) is 12.8. The van der Waals surface area contributed by atoms with Gasteiger partial charge in [0.15, 0.2) is 5.69 Å². The van der Waals surface area contributed by atoms with E-state index < -0.39 is 0 Å².